The monoisotopic (exact) mass is 166 g/mol. The van der Waals surface area contributed by atoms with Gasteiger partial charge < -0.3 is 0 Å². The van der Waals surface area contributed by atoms with E-state index in [9.17, 15) is 0 Å². The van der Waals surface area contributed by atoms with Crippen LogP contribution in [0.4, 0.5) is 0 Å². The third kappa shape index (κ3) is 2.36. The Morgan fingerprint density at radius 3 is 2.67 bits per heavy atom. The fraction of sp³-hybridized carbons (Fsp3) is 0.833. The second-order valence-electron chi connectivity index (χ2n) is 4.57. The largest absolute Gasteiger partial charge is 0.0822 e. The summed E-state index contributed by atoms with van der Waals surface area (Å²) in [6, 6.07) is 0. The molecule has 1 aliphatic rings. The molecule has 1 aliphatic carbocycles. The normalized spacial score (nSPS) is 32.8. The van der Waals surface area contributed by atoms with Gasteiger partial charge in [0.05, 0.1) is 0 Å². The highest BCUT2D eigenvalue weighted by molar-refractivity contribution is 5.11. The van der Waals surface area contributed by atoms with Crippen molar-refractivity contribution in [1.29, 1.82) is 0 Å². The van der Waals surface area contributed by atoms with Gasteiger partial charge in [-0.15, -0.1) is 0 Å². The van der Waals surface area contributed by atoms with E-state index in [4.69, 9.17) is 0 Å². The average molecular weight is 166 g/mol. The molecule has 12 heavy (non-hydrogen) atoms. The molecule has 0 aliphatic heterocycles. The van der Waals surface area contributed by atoms with Crippen molar-refractivity contribution in [3.05, 3.63) is 11.6 Å². The van der Waals surface area contributed by atoms with Crippen molar-refractivity contribution in [2.75, 3.05) is 0 Å². The van der Waals surface area contributed by atoms with E-state index in [2.05, 4.69) is 33.8 Å². The standard InChI is InChI=1S/C12H22/c1-5-11(4)12-7-9(2)6-10(3)8-12/h7,9-11H,5-6,8H2,1-4H3. The first kappa shape index (κ1) is 9.83. The molecule has 1 rings (SSSR count). The summed E-state index contributed by atoms with van der Waals surface area (Å²) in [4.78, 5) is 0. The van der Waals surface area contributed by atoms with Gasteiger partial charge >= 0.3 is 0 Å². The van der Waals surface area contributed by atoms with Crippen LogP contribution in [-0.4, -0.2) is 0 Å². The topological polar surface area (TPSA) is 0 Å². The van der Waals surface area contributed by atoms with Crippen LogP contribution in [0.2, 0.25) is 0 Å². The number of hydrogen-bond donors (Lipinski definition) is 0. The Hall–Kier alpha value is -0.260. The molecule has 0 saturated heterocycles. The van der Waals surface area contributed by atoms with Gasteiger partial charge in [0.15, 0.2) is 0 Å². The summed E-state index contributed by atoms with van der Waals surface area (Å²) in [5.74, 6) is 2.54. The molecular formula is C12H22. The van der Waals surface area contributed by atoms with Gasteiger partial charge in [-0.2, -0.15) is 0 Å². The molecule has 0 bridgehead atoms. The summed E-state index contributed by atoms with van der Waals surface area (Å²) < 4.78 is 0. The van der Waals surface area contributed by atoms with Crippen LogP contribution in [0.25, 0.3) is 0 Å². The van der Waals surface area contributed by atoms with Crippen molar-refractivity contribution < 1.29 is 0 Å². The summed E-state index contributed by atoms with van der Waals surface area (Å²) in [7, 11) is 0. The predicted octanol–water partition coefficient (Wildman–Crippen LogP) is 4.02. The number of rotatable bonds is 2. The molecule has 0 amide bonds. The van der Waals surface area contributed by atoms with Crippen molar-refractivity contribution in [3.8, 4) is 0 Å². The highest BCUT2D eigenvalue weighted by atomic mass is 14.2. The van der Waals surface area contributed by atoms with Crippen molar-refractivity contribution in [2.24, 2.45) is 17.8 Å². The maximum atomic E-state index is 2.51. The van der Waals surface area contributed by atoms with Gasteiger partial charge in [0.1, 0.15) is 0 Å². The Morgan fingerprint density at radius 1 is 1.50 bits per heavy atom. The van der Waals surface area contributed by atoms with E-state index in [1.54, 1.807) is 5.57 Å². The molecule has 70 valence electrons. The Labute approximate surface area is 77.1 Å². The van der Waals surface area contributed by atoms with E-state index >= 15 is 0 Å². The van der Waals surface area contributed by atoms with Crippen LogP contribution in [-0.2, 0) is 0 Å². The smallest absolute Gasteiger partial charge is 0.0234 e. The summed E-state index contributed by atoms with van der Waals surface area (Å²) in [5, 5.41) is 0. The zero-order chi connectivity index (χ0) is 9.14. The summed E-state index contributed by atoms with van der Waals surface area (Å²) >= 11 is 0. The van der Waals surface area contributed by atoms with Crippen molar-refractivity contribution in [3.63, 3.8) is 0 Å². The van der Waals surface area contributed by atoms with Crippen LogP contribution >= 0.6 is 0 Å². The highest BCUT2D eigenvalue weighted by Crippen LogP contribution is 2.32. The van der Waals surface area contributed by atoms with Crippen LogP contribution in [0.5, 0.6) is 0 Å². The Bertz CT molecular complexity index is 167. The summed E-state index contributed by atoms with van der Waals surface area (Å²) in [5.41, 5.74) is 1.71. The number of hydrogen-bond acceptors (Lipinski definition) is 0. The molecule has 3 atom stereocenters. The third-order valence-electron chi connectivity index (χ3n) is 3.10. The van der Waals surface area contributed by atoms with Crippen LogP contribution in [0.15, 0.2) is 11.6 Å². The van der Waals surface area contributed by atoms with Gasteiger partial charge in [0.2, 0.25) is 0 Å². The van der Waals surface area contributed by atoms with Crippen LogP contribution in [0.1, 0.15) is 47.0 Å². The van der Waals surface area contributed by atoms with Gasteiger partial charge in [-0.1, -0.05) is 39.3 Å². The maximum absolute atomic E-state index is 2.51. The molecule has 0 heterocycles. The molecule has 0 radical (unpaired) electrons. The quantitative estimate of drug-likeness (QED) is 0.543. The summed E-state index contributed by atoms with van der Waals surface area (Å²) in [6.07, 6.45) is 6.54. The fourth-order valence-electron chi connectivity index (χ4n) is 2.25. The SMILES string of the molecule is CCC(C)C1=CC(C)CC(C)C1. The molecule has 0 saturated carbocycles. The molecular weight excluding hydrogens is 144 g/mol. The maximum Gasteiger partial charge on any atom is -0.0234 e. The van der Waals surface area contributed by atoms with Gasteiger partial charge in [0, 0.05) is 0 Å². The molecule has 0 fully saturated rings. The summed E-state index contributed by atoms with van der Waals surface area (Å²) in [6.45, 7) is 9.37. The van der Waals surface area contributed by atoms with Gasteiger partial charge in [-0.05, 0) is 37.0 Å². The Morgan fingerprint density at radius 2 is 2.17 bits per heavy atom. The van der Waals surface area contributed by atoms with E-state index in [0.717, 1.165) is 17.8 Å². The zero-order valence-electron chi connectivity index (χ0n) is 8.93. The van der Waals surface area contributed by atoms with Crippen LogP contribution < -0.4 is 0 Å². The van der Waals surface area contributed by atoms with E-state index in [-0.39, 0.29) is 0 Å². The lowest BCUT2D eigenvalue weighted by molar-refractivity contribution is 0.408. The Kier molecular flexibility index (Phi) is 3.37. The second-order valence-corrected chi connectivity index (χ2v) is 4.57. The zero-order valence-corrected chi connectivity index (χ0v) is 8.93. The molecule has 0 N–H and O–H groups in total. The molecule has 0 aromatic rings. The first-order chi connectivity index (χ1) is 5.63. The van der Waals surface area contributed by atoms with Crippen molar-refractivity contribution in [1.82, 2.24) is 0 Å². The van der Waals surface area contributed by atoms with E-state index in [1.165, 1.54) is 19.3 Å². The molecule has 0 heteroatoms. The van der Waals surface area contributed by atoms with Gasteiger partial charge in [-0.25, -0.2) is 0 Å². The first-order valence-electron chi connectivity index (χ1n) is 5.34. The van der Waals surface area contributed by atoms with Crippen molar-refractivity contribution in [2.45, 2.75) is 47.0 Å². The molecule has 0 aromatic carbocycles. The second kappa shape index (κ2) is 4.11. The molecule has 0 aromatic heterocycles. The molecule has 3 unspecified atom stereocenters. The lowest BCUT2D eigenvalue weighted by Crippen LogP contribution is -2.13. The average Bonchev–Trinajstić information content (AvgIpc) is 2.01. The third-order valence-corrected chi connectivity index (χ3v) is 3.10. The van der Waals surface area contributed by atoms with Crippen molar-refractivity contribution >= 4 is 0 Å². The highest BCUT2D eigenvalue weighted by Gasteiger charge is 2.18. The first-order valence-corrected chi connectivity index (χ1v) is 5.34. The molecule has 0 nitrogen and oxygen atoms in total. The lowest BCUT2D eigenvalue weighted by Gasteiger charge is -2.26. The van der Waals surface area contributed by atoms with Gasteiger partial charge in [-0.3, -0.25) is 0 Å². The predicted molar refractivity (Wildman–Crippen MR) is 55.1 cm³/mol. The van der Waals surface area contributed by atoms with Crippen LogP contribution in [0, 0.1) is 17.8 Å². The minimum atomic E-state index is 0.815. The number of allylic oxidation sites excluding steroid dienone is 2. The Balaban J connectivity index is 2.63. The van der Waals surface area contributed by atoms with E-state index < -0.39 is 0 Å². The minimum absolute atomic E-state index is 0.815. The van der Waals surface area contributed by atoms with E-state index in [0.29, 0.717) is 0 Å². The van der Waals surface area contributed by atoms with Gasteiger partial charge in [0.25, 0.3) is 0 Å². The molecule has 0 spiro atoms. The fourth-order valence-corrected chi connectivity index (χ4v) is 2.25. The van der Waals surface area contributed by atoms with E-state index in [1.807, 2.05) is 0 Å². The van der Waals surface area contributed by atoms with Crippen LogP contribution in [0.3, 0.4) is 0 Å². The minimum Gasteiger partial charge on any atom is -0.0822 e. The lowest BCUT2D eigenvalue weighted by atomic mass is 9.79.